The number of rotatable bonds is 7. The molecule has 1 aliphatic rings. The summed E-state index contributed by atoms with van der Waals surface area (Å²) in [6, 6.07) is 14.1. The van der Waals surface area contributed by atoms with Crippen LogP contribution < -0.4 is 16.4 Å². The average Bonchev–Trinajstić information content (AvgIpc) is 3.36. The summed E-state index contributed by atoms with van der Waals surface area (Å²) in [5.74, 6) is -0.642. The van der Waals surface area contributed by atoms with Gasteiger partial charge in [-0.3, -0.25) is 14.9 Å². The highest BCUT2D eigenvalue weighted by Crippen LogP contribution is 2.37. The number of carbonyl (C=O) groups excluding carboxylic acids is 2. The molecule has 150 valence electrons. The number of aryl methyl sites for hydroxylation is 1. The lowest BCUT2D eigenvalue weighted by atomic mass is 9.95. The number of fused-ring (bicyclic) bond motifs is 1. The van der Waals surface area contributed by atoms with E-state index in [0.717, 1.165) is 41.7 Å². The van der Waals surface area contributed by atoms with Crippen LogP contribution in [0.15, 0.2) is 47.8 Å². The summed E-state index contributed by atoms with van der Waals surface area (Å²) in [5, 5.41) is 8.89. The van der Waals surface area contributed by atoms with E-state index in [9.17, 15) is 9.59 Å². The molecule has 7 heteroatoms. The lowest BCUT2D eigenvalue weighted by Gasteiger charge is -2.18. The number of anilines is 1. The van der Waals surface area contributed by atoms with Crippen LogP contribution in [0.4, 0.5) is 5.00 Å². The van der Waals surface area contributed by atoms with Crippen molar-refractivity contribution >= 4 is 39.5 Å². The van der Waals surface area contributed by atoms with Crippen molar-refractivity contribution in [3.05, 3.63) is 74.3 Å². The lowest BCUT2D eigenvalue weighted by molar-refractivity contribution is -0.115. The van der Waals surface area contributed by atoms with Crippen LogP contribution in [0.5, 0.6) is 0 Å². The number of hydrogen-bond acceptors (Lipinski definition) is 5. The molecule has 2 heterocycles. The summed E-state index contributed by atoms with van der Waals surface area (Å²) in [6.45, 7) is 0.137. The first-order valence-corrected chi connectivity index (χ1v) is 11.4. The van der Waals surface area contributed by atoms with Crippen LogP contribution in [0.2, 0.25) is 0 Å². The molecule has 0 saturated carbocycles. The normalized spacial score (nSPS) is 14.2. The first-order valence-electron chi connectivity index (χ1n) is 9.69. The van der Waals surface area contributed by atoms with Gasteiger partial charge in [-0.15, -0.1) is 22.7 Å². The van der Waals surface area contributed by atoms with Crippen molar-refractivity contribution in [2.75, 3.05) is 11.9 Å². The Kier molecular flexibility index (Phi) is 6.08. The van der Waals surface area contributed by atoms with E-state index in [-0.39, 0.29) is 18.5 Å². The number of carbonyl (C=O) groups is 2. The minimum Gasteiger partial charge on any atom is -0.365 e. The molecule has 29 heavy (non-hydrogen) atoms. The second kappa shape index (κ2) is 8.90. The molecule has 4 rings (SSSR count). The van der Waals surface area contributed by atoms with Crippen molar-refractivity contribution < 1.29 is 9.59 Å². The standard InChI is InChI=1S/C22H23N3O2S2/c23-21(27)19-15-9-4-5-10-16(15)29-22(19)25-18(26)13-24-20(17-11-6-12-28-17)14-7-2-1-3-8-14/h1-3,6-8,11-12,20,24H,4-5,9-10,13H2,(H2,23,27)(H,25,26)/t20-/m0/s1. The fourth-order valence-corrected chi connectivity index (χ4v) is 5.90. The van der Waals surface area contributed by atoms with Gasteiger partial charge < -0.3 is 11.1 Å². The van der Waals surface area contributed by atoms with Crippen LogP contribution >= 0.6 is 22.7 Å². The Hall–Kier alpha value is -2.48. The van der Waals surface area contributed by atoms with Crippen LogP contribution in [0, 0.1) is 0 Å². The molecule has 0 fully saturated rings. The van der Waals surface area contributed by atoms with Gasteiger partial charge in [-0.05, 0) is 48.3 Å². The largest absolute Gasteiger partial charge is 0.365 e. The molecule has 0 bridgehead atoms. The fraction of sp³-hybridized carbons (Fsp3) is 0.273. The maximum Gasteiger partial charge on any atom is 0.251 e. The average molecular weight is 426 g/mol. The van der Waals surface area contributed by atoms with Gasteiger partial charge in [-0.25, -0.2) is 0 Å². The van der Waals surface area contributed by atoms with Gasteiger partial charge in [0.1, 0.15) is 5.00 Å². The van der Waals surface area contributed by atoms with Crippen LogP contribution in [0.25, 0.3) is 0 Å². The van der Waals surface area contributed by atoms with Crippen LogP contribution in [-0.2, 0) is 17.6 Å². The van der Waals surface area contributed by atoms with E-state index in [4.69, 9.17) is 5.73 Å². The number of nitrogens with two attached hydrogens (primary N) is 1. The molecule has 5 nitrogen and oxygen atoms in total. The predicted octanol–water partition coefficient (Wildman–Crippen LogP) is 4.11. The van der Waals surface area contributed by atoms with Crippen LogP contribution in [0.3, 0.4) is 0 Å². The topological polar surface area (TPSA) is 84.2 Å². The molecule has 1 atom stereocenters. The van der Waals surface area contributed by atoms with Gasteiger partial charge in [-0.2, -0.15) is 0 Å². The molecular weight excluding hydrogens is 402 g/mol. The summed E-state index contributed by atoms with van der Waals surface area (Å²) in [4.78, 5) is 27.0. The Balaban J connectivity index is 1.48. The molecule has 0 spiro atoms. The van der Waals surface area contributed by atoms with Crippen LogP contribution in [0.1, 0.15) is 50.1 Å². The molecule has 0 saturated heterocycles. The Labute approximate surface area is 178 Å². The van der Waals surface area contributed by atoms with Gasteiger partial charge in [0.25, 0.3) is 5.91 Å². The number of nitrogens with one attached hydrogen (secondary N) is 2. The Morgan fingerprint density at radius 3 is 2.59 bits per heavy atom. The molecule has 2 amide bonds. The summed E-state index contributed by atoms with van der Waals surface area (Å²) >= 11 is 3.14. The molecule has 0 unspecified atom stereocenters. The van der Waals surface area contributed by atoms with Gasteiger partial charge in [-0.1, -0.05) is 36.4 Å². The molecule has 0 radical (unpaired) electrons. The van der Waals surface area contributed by atoms with E-state index in [1.165, 1.54) is 16.2 Å². The Morgan fingerprint density at radius 1 is 1.07 bits per heavy atom. The third-order valence-electron chi connectivity index (χ3n) is 5.10. The summed E-state index contributed by atoms with van der Waals surface area (Å²) in [5.41, 5.74) is 8.25. The van der Waals surface area contributed by atoms with Crippen molar-refractivity contribution in [1.82, 2.24) is 5.32 Å². The van der Waals surface area contributed by atoms with Crippen molar-refractivity contribution in [3.63, 3.8) is 0 Å². The number of benzene rings is 1. The molecule has 1 aromatic carbocycles. The minimum absolute atomic E-state index is 0.0610. The van der Waals surface area contributed by atoms with E-state index < -0.39 is 5.91 Å². The second-order valence-electron chi connectivity index (χ2n) is 7.07. The van der Waals surface area contributed by atoms with E-state index >= 15 is 0 Å². The minimum atomic E-state index is -0.464. The first-order chi connectivity index (χ1) is 14.1. The highest BCUT2D eigenvalue weighted by atomic mass is 32.1. The van der Waals surface area contributed by atoms with Crippen molar-refractivity contribution in [3.8, 4) is 0 Å². The number of primary amides is 1. The summed E-state index contributed by atoms with van der Waals surface area (Å²) in [6.07, 6.45) is 3.97. The van der Waals surface area contributed by atoms with Crippen molar-refractivity contribution in [1.29, 1.82) is 0 Å². The maximum atomic E-state index is 12.7. The van der Waals surface area contributed by atoms with Crippen molar-refractivity contribution in [2.24, 2.45) is 5.73 Å². The summed E-state index contributed by atoms with van der Waals surface area (Å²) < 4.78 is 0. The molecule has 1 aliphatic carbocycles. The van der Waals surface area contributed by atoms with E-state index in [1.807, 2.05) is 41.8 Å². The zero-order chi connectivity index (χ0) is 20.2. The Bertz CT molecular complexity index is 997. The smallest absolute Gasteiger partial charge is 0.251 e. The van der Waals surface area contributed by atoms with E-state index in [0.29, 0.717) is 10.6 Å². The molecule has 0 aliphatic heterocycles. The monoisotopic (exact) mass is 425 g/mol. The quantitative estimate of drug-likeness (QED) is 0.533. The third kappa shape index (κ3) is 4.42. The van der Waals surface area contributed by atoms with Gasteiger partial charge in [0, 0.05) is 9.75 Å². The molecule has 2 aromatic heterocycles. The number of amides is 2. The number of thiophene rings is 2. The third-order valence-corrected chi connectivity index (χ3v) is 7.24. The lowest BCUT2D eigenvalue weighted by Crippen LogP contribution is -2.32. The highest BCUT2D eigenvalue weighted by Gasteiger charge is 2.25. The molecule has 4 N–H and O–H groups in total. The van der Waals surface area contributed by atoms with Crippen molar-refractivity contribution in [2.45, 2.75) is 31.7 Å². The molecule has 3 aromatic rings. The fourth-order valence-electron chi connectivity index (χ4n) is 3.76. The zero-order valence-electron chi connectivity index (χ0n) is 15.9. The second-order valence-corrected chi connectivity index (χ2v) is 9.15. The zero-order valence-corrected chi connectivity index (χ0v) is 17.6. The first kappa shape index (κ1) is 19.8. The van der Waals surface area contributed by atoms with Gasteiger partial charge in [0.15, 0.2) is 0 Å². The maximum absolute atomic E-state index is 12.7. The summed E-state index contributed by atoms with van der Waals surface area (Å²) in [7, 11) is 0. The Morgan fingerprint density at radius 2 is 1.86 bits per heavy atom. The molecular formula is C22H23N3O2S2. The van der Waals surface area contributed by atoms with Gasteiger partial charge in [0.05, 0.1) is 18.2 Å². The predicted molar refractivity (Wildman–Crippen MR) is 119 cm³/mol. The van der Waals surface area contributed by atoms with Crippen LogP contribution in [-0.4, -0.2) is 18.4 Å². The van der Waals surface area contributed by atoms with Gasteiger partial charge >= 0.3 is 0 Å². The van der Waals surface area contributed by atoms with E-state index in [1.54, 1.807) is 11.3 Å². The SMILES string of the molecule is NC(=O)c1c(NC(=O)CN[C@@H](c2ccccc2)c2cccs2)sc2c1CCCC2. The van der Waals surface area contributed by atoms with E-state index in [2.05, 4.69) is 16.7 Å². The number of hydrogen-bond donors (Lipinski definition) is 3. The highest BCUT2D eigenvalue weighted by molar-refractivity contribution is 7.17. The van der Waals surface area contributed by atoms with Gasteiger partial charge in [0.2, 0.25) is 5.91 Å².